The molecule has 0 aromatic carbocycles. The Morgan fingerprint density at radius 3 is 1.39 bits per heavy atom. The van der Waals surface area contributed by atoms with Crippen molar-refractivity contribution < 1.29 is 37.3 Å². The van der Waals surface area contributed by atoms with Crippen LogP contribution < -0.4 is 10.2 Å². The van der Waals surface area contributed by atoms with Gasteiger partial charge in [0.2, 0.25) is 5.91 Å². The molecule has 1 amide bonds. The number of quaternary nitrogens is 1. The van der Waals surface area contributed by atoms with Gasteiger partial charge in [-0.15, -0.1) is 0 Å². The van der Waals surface area contributed by atoms with Crippen LogP contribution in [0.3, 0.4) is 0 Å². The zero-order chi connectivity index (χ0) is 51.5. The molecule has 0 fully saturated rings. The van der Waals surface area contributed by atoms with Crippen LogP contribution in [0, 0.1) is 0 Å². The Morgan fingerprint density at radius 1 is 0.514 bits per heavy atom. The predicted molar refractivity (Wildman–Crippen MR) is 298 cm³/mol. The van der Waals surface area contributed by atoms with Crippen molar-refractivity contribution in [2.45, 2.75) is 258 Å². The highest BCUT2D eigenvalue weighted by molar-refractivity contribution is 7.45. The van der Waals surface area contributed by atoms with E-state index in [0.717, 1.165) is 77.0 Å². The number of carbonyl (C=O) groups excluding carboxylic acids is 2. The Morgan fingerprint density at radius 2 is 0.929 bits per heavy atom. The highest BCUT2D eigenvalue weighted by atomic mass is 31.2. The normalized spacial score (nSPS) is 14.3. The Kier molecular flexibility index (Phi) is 48.2. The Labute approximate surface area is 432 Å². The summed E-state index contributed by atoms with van der Waals surface area (Å²) in [6, 6.07) is -0.910. The number of hydrogen-bond donors (Lipinski definition) is 1. The predicted octanol–water partition coefficient (Wildman–Crippen LogP) is 16.6. The molecule has 0 saturated heterocycles. The van der Waals surface area contributed by atoms with Crippen LogP contribution >= 0.6 is 7.82 Å². The average Bonchev–Trinajstić information content (AvgIpc) is 3.32. The summed E-state index contributed by atoms with van der Waals surface area (Å²) in [6.45, 7) is 6.69. The number of hydrogen-bond acceptors (Lipinski definition) is 7. The van der Waals surface area contributed by atoms with E-state index in [1.165, 1.54) is 128 Å². The van der Waals surface area contributed by atoms with Crippen LogP contribution in [0.25, 0.3) is 0 Å². The quantitative estimate of drug-likeness (QED) is 0.0212. The van der Waals surface area contributed by atoms with Gasteiger partial charge in [-0.25, -0.2) is 0 Å². The molecule has 70 heavy (non-hydrogen) atoms. The minimum atomic E-state index is -4.71. The van der Waals surface area contributed by atoms with Crippen molar-refractivity contribution in [2.75, 3.05) is 40.9 Å². The van der Waals surface area contributed by atoms with Crippen molar-refractivity contribution in [1.82, 2.24) is 5.32 Å². The van der Waals surface area contributed by atoms with Crippen molar-refractivity contribution in [3.63, 3.8) is 0 Å². The number of nitrogens with one attached hydrogen (secondary N) is 1. The van der Waals surface area contributed by atoms with Gasteiger partial charge in [0.25, 0.3) is 7.82 Å². The molecule has 0 aliphatic carbocycles. The molecule has 0 aliphatic heterocycles. The lowest BCUT2D eigenvalue weighted by atomic mass is 10.0. The Hall–Kier alpha value is -2.55. The van der Waals surface area contributed by atoms with Crippen LogP contribution in [0.2, 0.25) is 0 Å². The molecule has 0 spiro atoms. The van der Waals surface area contributed by atoms with Crippen molar-refractivity contribution in [1.29, 1.82) is 0 Å². The summed E-state index contributed by atoms with van der Waals surface area (Å²) in [4.78, 5) is 39.8. The zero-order valence-corrected chi connectivity index (χ0v) is 47.1. The lowest BCUT2D eigenvalue weighted by Crippen LogP contribution is -2.47. The molecule has 0 aliphatic rings. The molecule has 406 valence electrons. The summed E-state index contributed by atoms with van der Waals surface area (Å²) in [5.41, 5.74) is 0. The smallest absolute Gasteiger partial charge is 0.306 e. The standard InChI is InChI=1S/C60H109N2O7P/c1-7-10-13-16-19-22-25-28-30-31-33-35-38-41-44-47-50-53-60(64)69-58(51-48-45-42-39-36-27-24-21-18-15-12-9-3)57(56-68-70(65,66)67-55-54-62(4,5)6)61-59(63)52-49-46-43-40-37-34-32-29-26-23-20-17-14-11-8-2/h10,13,19,22,28,30,33,35,41,44,48,51,57-58H,7-9,11-12,14-18,20-21,23-27,29,31-32,34,36-40,42-43,45-47,49-50,52-56H2,1-6H3,(H-,61,63,65,66)/b13-10-,22-19-,30-28-,35-33-,44-41-,51-48+. The van der Waals surface area contributed by atoms with E-state index in [4.69, 9.17) is 13.8 Å². The number of amides is 1. The monoisotopic (exact) mass is 1000 g/mol. The molecule has 9 nitrogen and oxygen atoms in total. The summed E-state index contributed by atoms with van der Waals surface area (Å²) in [7, 11) is 1.15. The van der Waals surface area contributed by atoms with Gasteiger partial charge in [-0.1, -0.05) is 235 Å². The summed E-state index contributed by atoms with van der Waals surface area (Å²) in [5, 5.41) is 3.01. The first-order chi connectivity index (χ1) is 33.9. The molecule has 0 radical (unpaired) electrons. The summed E-state index contributed by atoms with van der Waals surface area (Å²) in [6.07, 6.45) is 63.0. The van der Waals surface area contributed by atoms with Crippen LogP contribution in [0.15, 0.2) is 72.9 Å². The topological polar surface area (TPSA) is 114 Å². The summed E-state index contributed by atoms with van der Waals surface area (Å²) in [5.74, 6) is -0.607. The highest BCUT2D eigenvalue weighted by Gasteiger charge is 2.27. The van der Waals surface area contributed by atoms with Crippen LogP contribution in [0.5, 0.6) is 0 Å². The van der Waals surface area contributed by atoms with Gasteiger partial charge >= 0.3 is 5.97 Å². The van der Waals surface area contributed by atoms with Gasteiger partial charge in [0.05, 0.1) is 33.8 Å². The third-order valence-electron chi connectivity index (χ3n) is 12.4. The zero-order valence-electron chi connectivity index (χ0n) is 46.2. The maximum absolute atomic E-state index is 13.5. The lowest BCUT2D eigenvalue weighted by molar-refractivity contribution is -0.870. The van der Waals surface area contributed by atoms with Gasteiger partial charge in [0.15, 0.2) is 0 Å². The van der Waals surface area contributed by atoms with E-state index in [1.54, 1.807) is 0 Å². The first kappa shape index (κ1) is 67.5. The van der Waals surface area contributed by atoms with E-state index in [2.05, 4.69) is 86.8 Å². The molecule has 0 bridgehead atoms. The minimum absolute atomic E-state index is 0.0322. The van der Waals surface area contributed by atoms with Crippen molar-refractivity contribution in [2.24, 2.45) is 0 Å². The fraction of sp³-hybridized carbons (Fsp3) is 0.767. The number of phosphoric acid groups is 1. The number of allylic oxidation sites excluding steroid dienone is 11. The molecule has 0 aromatic heterocycles. The molecule has 0 aromatic rings. The SMILES string of the molecule is CC/C=C\C/C=C\C/C=C\C/C=C\C/C=C\CCCC(=O)OC(/C=C/CCCCCCCCCCCC)C(COP(=O)([O-])OCC[N+](C)(C)C)NC(=O)CCCCCCCCCCCCCCCCC. The molecule has 3 atom stereocenters. The van der Waals surface area contributed by atoms with Gasteiger partial charge in [-0.3, -0.25) is 14.2 Å². The maximum Gasteiger partial charge on any atom is 0.306 e. The lowest BCUT2D eigenvalue weighted by Gasteiger charge is -2.30. The van der Waals surface area contributed by atoms with Gasteiger partial charge in [0, 0.05) is 12.8 Å². The largest absolute Gasteiger partial charge is 0.756 e. The minimum Gasteiger partial charge on any atom is -0.756 e. The maximum atomic E-state index is 13.5. The molecular weight excluding hydrogens is 892 g/mol. The van der Waals surface area contributed by atoms with E-state index in [-0.39, 0.29) is 18.9 Å². The van der Waals surface area contributed by atoms with E-state index in [1.807, 2.05) is 33.3 Å². The summed E-state index contributed by atoms with van der Waals surface area (Å²) < 4.78 is 30.2. The van der Waals surface area contributed by atoms with Crippen molar-refractivity contribution in [3.8, 4) is 0 Å². The molecule has 0 rings (SSSR count). The van der Waals surface area contributed by atoms with Gasteiger partial charge in [0.1, 0.15) is 19.3 Å². The highest BCUT2D eigenvalue weighted by Crippen LogP contribution is 2.38. The van der Waals surface area contributed by atoms with E-state index < -0.39 is 32.5 Å². The molecule has 10 heteroatoms. The number of ether oxygens (including phenoxy) is 1. The van der Waals surface area contributed by atoms with Crippen molar-refractivity contribution >= 4 is 19.7 Å². The van der Waals surface area contributed by atoms with E-state index in [0.29, 0.717) is 23.9 Å². The first-order valence-corrected chi connectivity index (χ1v) is 30.2. The van der Waals surface area contributed by atoms with Crippen LogP contribution in [-0.4, -0.2) is 69.4 Å². The van der Waals surface area contributed by atoms with Crippen LogP contribution in [0.4, 0.5) is 0 Å². The second-order valence-electron chi connectivity index (χ2n) is 20.4. The number of phosphoric ester groups is 1. The van der Waals surface area contributed by atoms with Crippen molar-refractivity contribution in [3.05, 3.63) is 72.9 Å². The van der Waals surface area contributed by atoms with Crippen LogP contribution in [0.1, 0.15) is 245 Å². The number of nitrogens with zero attached hydrogens (tertiary/aromatic N) is 1. The molecule has 0 heterocycles. The molecule has 3 unspecified atom stereocenters. The molecule has 0 saturated carbocycles. The Bertz CT molecular complexity index is 1430. The molecular formula is C60H109N2O7P. The van der Waals surface area contributed by atoms with E-state index in [9.17, 15) is 19.0 Å². The third kappa shape index (κ3) is 50.4. The number of likely N-dealkylation sites (N-methyl/N-ethyl adjacent to an activating group) is 1. The number of rotatable bonds is 51. The van der Waals surface area contributed by atoms with Gasteiger partial charge in [-0.2, -0.15) is 0 Å². The fourth-order valence-electron chi connectivity index (χ4n) is 7.97. The van der Waals surface area contributed by atoms with E-state index >= 15 is 0 Å². The number of carbonyl (C=O) groups is 2. The van der Waals surface area contributed by atoms with Gasteiger partial charge in [-0.05, 0) is 70.3 Å². The second-order valence-corrected chi connectivity index (χ2v) is 21.8. The second kappa shape index (κ2) is 50.0. The molecule has 1 N–H and O–H groups in total. The number of esters is 1. The van der Waals surface area contributed by atoms with Crippen LogP contribution in [-0.2, 0) is 27.9 Å². The third-order valence-corrected chi connectivity index (χ3v) is 13.4. The summed E-state index contributed by atoms with van der Waals surface area (Å²) >= 11 is 0. The number of unbranched alkanes of at least 4 members (excludes halogenated alkanes) is 25. The fourth-order valence-corrected chi connectivity index (χ4v) is 8.69. The Balaban J connectivity index is 5.44. The van der Waals surface area contributed by atoms with Gasteiger partial charge < -0.3 is 28.5 Å². The average molecular weight is 1000 g/mol. The first-order valence-electron chi connectivity index (χ1n) is 28.7.